The summed E-state index contributed by atoms with van der Waals surface area (Å²) in [5.74, 6) is -3.65. The van der Waals surface area contributed by atoms with E-state index >= 15 is 0 Å². The van der Waals surface area contributed by atoms with E-state index in [-0.39, 0.29) is 13.0 Å². The van der Waals surface area contributed by atoms with Gasteiger partial charge in [-0.1, -0.05) is 0 Å². The lowest BCUT2D eigenvalue weighted by atomic mass is 9.89. The minimum Gasteiger partial charge on any atom is -0.497 e. The van der Waals surface area contributed by atoms with Gasteiger partial charge >= 0.3 is 5.97 Å². The summed E-state index contributed by atoms with van der Waals surface area (Å²) in [5.41, 5.74) is 0.423. The van der Waals surface area contributed by atoms with E-state index in [2.05, 4.69) is 0 Å². The molecule has 0 aromatic heterocycles. The normalized spacial score (nSPS) is 19.9. The number of benzene rings is 1. The van der Waals surface area contributed by atoms with E-state index in [0.29, 0.717) is 17.1 Å². The lowest BCUT2D eigenvalue weighted by Crippen LogP contribution is -2.32. The number of nitrogens with zero attached hydrogens (tertiary/aromatic N) is 1. The maximum absolute atomic E-state index is 12.3. The Hall–Kier alpha value is -2.90. The summed E-state index contributed by atoms with van der Waals surface area (Å²) in [7, 11) is 2.88. The van der Waals surface area contributed by atoms with Gasteiger partial charge in [0.1, 0.15) is 23.2 Å². The number of carboxylic acids is 1. The fraction of sp³-hybridized carbons (Fsp3) is 0.412. The quantitative estimate of drug-likeness (QED) is 0.573. The molecule has 1 amide bonds. The van der Waals surface area contributed by atoms with E-state index < -0.39 is 35.4 Å². The fourth-order valence-corrected chi connectivity index (χ4v) is 3.01. The molecule has 134 valence electrons. The van der Waals surface area contributed by atoms with Crippen LogP contribution in [0.5, 0.6) is 11.5 Å². The molecule has 1 aromatic rings. The van der Waals surface area contributed by atoms with Gasteiger partial charge in [0.2, 0.25) is 5.78 Å². The Morgan fingerprint density at radius 2 is 1.88 bits per heavy atom. The topological polar surface area (TPSA) is 110 Å². The standard InChI is InChI=1S/C17H19NO7/c1-9(19)14-15(11-8-10(24-2)4-5-12(11)25-3)18(7-6-13(20)21)17(23)16(14)22/h4-5,8,14-15H,6-7H2,1-3H3,(H,20,21). The van der Waals surface area contributed by atoms with Gasteiger partial charge < -0.3 is 19.5 Å². The second-order valence-electron chi connectivity index (χ2n) is 5.65. The summed E-state index contributed by atoms with van der Waals surface area (Å²) in [6, 6.07) is 3.90. The zero-order chi connectivity index (χ0) is 18.7. The van der Waals surface area contributed by atoms with Crippen LogP contribution in [0.1, 0.15) is 24.9 Å². The van der Waals surface area contributed by atoms with E-state index in [4.69, 9.17) is 14.6 Å². The van der Waals surface area contributed by atoms with Crippen LogP contribution in [0.3, 0.4) is 0 Å². The Morgan fingerprint density at radius 3 is 2.40 bits per heavy atom. The molecule has 1 fully saturated rings. The number of ether oxygens (including phenoxy) is 2. The predicted molar refractivity (Wildman–Crippen MR) is 85.4 cm³/mol. The van der Waals surface area contributed by atoms with Crippen molar-refractivity contribution >= 4 is 23.4 Å². The molecule has 2 unspecified atom stereocenters. The van der Waals surface area contributed by atoms with Crippen LogP contribution in [0.2, 0.25) is 0 Å². The number of methoxy groups -OCH3 is 2. The zero-order valence-corrected chi connectivity index (χ0v) is 14.1. The summed E-state index contributed by atoms with van der Waals surface area (Å²) < 4.78 is 10.5. The van der Waals surface area contributed by atoms with Crippen molar-refractivity contribution in [1.82, 2.24) is 4.90 Å². The van der Waals surface area contributed by atoms with Crippen LogP contribution in [0.4, 0.5) is 0 Å². The van der Waals surface area contributed by atoms with Gasteiger partial charge in [-0.2, -0.15) is 0 Å². The lowest BCUT2D eigenvalue weighted by Gasteiger charge is -2.27. The summed E-state index contributed by atoms with van der Waals surface area (Å²) in [6.07, 6.45) is -0.341. The molecule has 1 N–H and O–H groups in total. The molecule has 1 saturated heterocycles. The molecular formula is C17H19NO7. The second kappa shape index (κ2) is 7.33. The Kier molecular flexibility index (Phi) is 5.41. The van der Waals surface area contributed by atoms with E-state index in [1.54, 1.807) is 18.2 Å². The van der Waals surface area contributed by atoms with Crippen LogP contribution in [0.25, 0.3) is 0 Å². The average molecular weight is 349 g/mol. The second-order valence-corrected chi connectivity index (χ2v) is 5.65. The van der Waals surface area contributed by atoms with Gasteiger partial charge in [0.15, 0.2) is 0 Å². The van der Waals surface area contributed by atoms with Crippen molar-refractivity contribution in [2.24, 2.45) is 5.92 Å². The van der Waals surface area contributed by atoms with Crippen LogP contribution >= 0.6 is 0 Å². The number of carboxylic acid groups (broad SMARTS) is 1. The highest BCUT2D eigenvalue weighted by atomic mass is 16.5. The third-order valence-electron chi connectivity index (χ3n) is 4.17. The first-order chi connectivity index (χ1) is 11.8. The van der Waals surface area contributed by atoms with Crippen molar-refractivity contribution in [2.75, 3.05) is 20.8 Å². The Balaban J connectivity index is 2.58. The summed E-state index contributed by atoms with van der Waals surface area (Å²) in [6.45, 7) is 1.05. The van der Waals surface area contributed by atoms with Crippen molar-refractivity contribution in [3.8, 4) is 11.5 Å². The van der Waals surface area contributed by atoms with Gasteiger partial charge in [0, 0.05) is 12.1 Å². The summed E-state index contributed by atoms with van der Waals surface area (Å²) >= 11 is 0. The number of carbonyl (C=O) groups is 4. The SMILES string of the molecule is COc1ccc(OC)c(C2C(C(C)=O)C(=O)C(=O)N2CCC(=O)O)c1. The highest BCUT2D eigenvalue weighted by Gasteiger charge is 2.51. The van der Waals surface area contributed by atoms with Gasteiger partial charge in [0.25, 0.3) is 5.91 Å². The summed E-state index contributed by atoms with van der Waals surface area (Å²) in [5, 5.41) is 8.91. The van der Waals surface area contributed by atoms with Gasteiger partial charge in [-0.05, 0) is 25.1 Å². The third kappa shape index (κ3) is 3.47. The van der Waals surface area contributed by atoms with Crippen LogP contribution in [-0.4, -0.2) is 54.2 Å². The molecule has 2 atom stereocenters. The zero-order valence-electron chi connectivity index (χ0n) is 14.1. The molecule has 25 heavy (non-hydrogen) atoms. The number of hydrogen-bond acceptors (Lipinski definition) is 6. The largest absolute Gasteiger partial charge is 0.497 e. The van der Waals surface area contributed by atoms with Crippen molar-refractivity contribution in [3.63, 3.8) is 0 Å². The predicted octanol–water partition coefficient (Wildman–Crippen LogP) is 0.836. The minimum atomic E-state index is -1.21. The van der Waals surface area contributed by atoms with Crippen molar-refractivity contribution in [2.45, 2.75) is 19.4 Å². The van der Waals surface area contributed by atoms with E-state index in [1.165, 1.54) is 21.1 Å². The van der Waals surface area contributed by atoms with E-state index in [1.807, 2.05) is 0 Å². The molecule has 1 heterocycles. The van der Waals surface area contributed by atoms with Crippen LogP contribution < -0.4 is 9.47 Å². The molecule has 1 aliphatic rings. The summed E-state index contributed by atoms with van der Waals surface area (Å²) in [4.78, 5) is 48.7. The van der Waals surface area contributed by atoms with E-state index in [0.717, 1.165) is 4.90 Å². The maximum Gasteiger partial charge on any atom is 0.305 e. The molecule has 1 aliphatic heterocycles. The van der Waals surface area contributed by atoms with Crippen LogP contribution in [0, 0.1) is 5.92 Å². The van der Waals surface area contributed by atoms with Crippen LogP contribution in [0.15, 0.2) is 18.2 Å². The number of hydrogen-bond donors (Lipinski definition) is 1. The van der Waals surface area contributed by atoms with Crippen LogP contribution in [-0.2, 0) is 19.2 Å². The highest BCUT2D eigenvalue weighted by Crippen LogP contribution is 2.42. The molecule has 0 aliphatic carbocycles. The number of likely N-dealkylation sites (tertiary alicyclic amines) is 1. The molecule has 0 radical (unpaired) electrons. The minimum absolute atomic E-state index is 0.186. The van der Waals surface area contributed by atoms with Gasteiger partial charge in [-0.3, -0.25) is 19.2 Å². The average Bonchev–Trinajstić information content (AvgIpc) is 2.83. The third-order valence-corrected chi connectivity index (χ3v) is 4.17. The monoisotopic (exact) mass is 349 g/mol. The first-order valence-electron chi connectivity index (χ1n) is 7.60. The molecule has 1 aromatic carbocycles. The molecule has 2 rings (SSSR count). The van der Waals surface area contributed by atoms with Gasteiger partial charge in [-0.25, -0.2) is 0 Å². The first-order valence-corrected chi connectivity index (χ1v) is 7.60. The number of ketones is 2. The molecule has 8 heteroatoms. The highest BCUT2D eigenvalue weighted by molar-refractivity contribution is 6.42. The Labute approximate surface area is 144 Å². The molecule has 0 saturated carbocycles. The van der Waals surface area contributed by atoms with Gasteiger partial charge in [-0.15, -0.1) is 0 Å². The molecule has 8 nitrogen and oxygen atoms in total. The van der Waals surface area contributed by atoms with Crippen molar-refractivity contribution in [3.05, 3.63) is 23.8 Å². The lowest BCUT2D eigenvalue weighted by molar-refractivity contribution is -0.143. The fourth-order valence-electron chi connectivity index (χ4n) is 3.01. The number of rotatable bonds is 7. The number of Topliss-reactive ketones (excluding diaryl/α,β-unsaturated/α-hetero) is 2. The number of aliphatic carboxylic acids is 1. The van der Waals surface area contributed by atoms with Crippen molar-refractivity contribution < 1.29 is 33.8 Å². The molecule has 0 spiro atoms. The van der Waals surface area contributed by atoms with Crippen molar-refractivity contribution in [1.29, 1.82) is 0 Å². The number of amides is 1. The maximum atomic E-state index is 12.3. The molecular weight excluding hydrogens is 330 g/mol. The molecule has 0 bridgehead atoms. The first kappa shape index (κ1) is 18.4. The Morgan fingerprint density at radius 1 is 1.20 bits per heavy atom. The van der Waals surface area contributed by atoms with E-state index in [9.17, 15) is 19.2 Å². The van der Waals surface area contributed by atoms with Gasteiger partial charge in [0.05, 0.1) is 26.7 Å². The Bertz CT molecular complexity index is 728. The smallest absolute Gasteiger partial charge is 0.305 e. The number of carbonyl (C=O) groups excluding carboxylic acids is 3.